The molecule has 0 fully saturated rings. The molecule has 3 rings (SSSR count). The van der Waals surface area contributed by atoms with Crippen LogP contribution in [-0.4, -0.2) is 17.3 Å². The van der Waals surface area contributed by atoms with Gasteiger partial charge in [-0.2, -0.15) is 0 Å². The number of hydrogen-bond acceptors (Lipinski definition) is 3. The topological polar surface area (TPSA) is 38.3 Å². The van der Waals surface area contributed by atoms with E-state index in [4.69, 9.17) is 4.74 Å². The molecule has 0 saturated carbocycles. The average Bonchev–Trinajstić information content (AvgIpc) is 2.69. The highest BCUT2D eigenvalue weighted by Crippen LogP contribution is 2.42. The number of nitrogens with one attached hydrogen (secondary N) is 1. The minimum Gasteiger partial charge on any atom is -0.487 e. The van der Waals surface area contributed by atoms with Gasteiger partial charge in [-0.15, -0.1) is 11.8 Å². The molecule has 1 aliphatic heterocycles. The van der Waals surface area contributed by atoms with Gasteiger partial charge in [-0.25, -0.2) is 4.39 Å². The molecule has 5 heteroatoms. The van der Waals surface area contributed by atoms with E-state index in [1.165, 1.54) is 17.8 Å². The van der Waals surface area contributed by atoms with Crippen LogP contribution in [0, 0.1) is 5.82 Å². The van der Waals surface area contributed by atoms with Crippen molar-refractivity contribution in [3.05, 3.63) is 65.5 Å². The van der Waals surface area contributed by atoms with Crippen molar-refractivity contribution >= 4 is 17.7 Å². The summed E-state index contributed by atoms with van der Waals surface area (Å²) in [5.41, 5.74) is 1.41. The van der Waals surface area contributed by atoms with E-state index in [0.717, 1.165) is 30.6 Å². The summed E-state index contributed by atoms with van der Waals surface area (Å²) < 4.78 is 20.0. The van der Waals surface area contributed by atoms with Crippen molar-refractivity contribution in [1.29, 1.82) is 0 Å². The van der Waals surface area contributed by atoms with Crippen LogP contribution in [0.2, 0.25) is 0 Å². The van der Waals surface area contributed by atoms with Gasteiger partial charge < -0.3 is 10.1 Å². The zero-order valence-corrected chi connectivity index (χ0v) is 16.7. The van der Waals surface area contributed by atoms with E-state index in [0.29, 0.717) is 17.1 Å². The van der Waals surface area contributed by atoms with Crippen LogP contribution in [0.25, 0.3) is 0 Å². The molecule has 1 amide bonds. The fraction of sp³-hybridized carbons (Fsp3) is 0.409. The Kier molecular flexibility index (Phi) is 6.42. The quantitative estimate of drug-likeness (QED) is 0.704. The first kappa shape index (κ1) is 19.7. The van der Waals surface area contributed by atoms with Crippen molar-refractivity contribution in [1.82, 2.24) is 5.32 Å². The van der Waals surface area contributed by atoms with Crippen molar-refractivity contribution in [2.45, 2.75) is 50.5 Å². The van der Waals surface area contributed by atoms with E-state index in [1.54, 1.807) is 12.1 Å². The first-order valence-electron chi connectivity index (χ1n) is 9.45. The first-order chi connectivity index (χ1) is 13.1. The smallest absolute Gasteiger partial charge is 0.230 e. The van der Waals surface area contributed by atoms with Gasteiger partial charge in [0.1, 0.15) is 17.2 Å². The van der Waals surface area contributed by atoms with Crippen LogP contribution in [-0.2, 0) is 10.5 Å². The van der Waals surface area contributed by atoms with Crippen molar-refractivity contribution in [3.63, 3.8) is 0 Å². The highest BCUT2D eigenvalue weighted by Gasteiger charge is 2.38. The molecule has 0 radical (unpaired) electrons. The molecule has 27 heavy (non-hydrogen) atoms. The zero-order valence-electron chi connectivity index (χ0n) is 15.8. The maximum Gasteiger partial charge on any atom is 0.230 e. The van der Waals surface area contributed by atoms with Crippen LogP contribution in [0.3, 0.4) is 0 Å². The Bertz CT molecular complexity index is 791. The third-order valence-corrected chi connectivity index (χ3v) is 6.25. The summed E-state index contributed by atoms with van der Waals surface area (Å²) in [4.78, 5) is 12.5. The van der Waals surface area contributed by atoms with Crippen LogP contribution < -0.4 is 10.1 Å². The summed E-state index contributed by atoms with van der Waals surface area (Å²) in [6.45, 7) is 4.25. The van der Waals surface area contributed by atoms with E-state index in [2.05, 4.69) is 19.2 Å². The Labute approximate surface area is 164 Å². The number of para-hydroxylation sites is 1. The number of thioether (sulfide) groups is 1. The summed E-state index contributed by atoms with van der Waals surface area (Å²) in [7, 11) is 0. The molecule has 1 atom stereocenters. The van der Waals surface area contributed by atoms with Gasteiger partial charge in [-0.3, -0.25) is 4.79 Å². The maximum atomic E-state index is 13.7. The number of halogens is 1. The molecular formula is C22H26FNO2S. The van der Waals surface area contributed by atoms with E-state index in [9.17, 15) is 9.18 Å². The molecule has 2 aromatic rings. The van der Waals surface area contributed by atoms with Gasteiger partial charge >= 0.3 is 0 Å². The highest BCUT2D eigenvalue weighted by molar-refractivity contribution is 7.99. The summed E-state index contributed by atoms with van der Waals surface area (Å²) in [5, 5.41) is 3.17. The molecule has 0 saturated heterocycles. The molecule has 0 bridgehead atoms. The lowest BCUT2D eigenvalue weighted by Gasteiger charge is -2.41. The van der Waals surface area contributed by atoms with Crippen LogP contribution in [0.15, 0.2) is 48.5 Å². The largest absolute Gasteiger partial charge is 0.487 e. The Morgan fingerprint density at radius 2 is 1.89 bits per heavy atom. The van der Waals surface area contributed by atoms with E-state index < -0.39 is 0 Å². The van der Waals surface area contributed by atoms with Crippen LogP contribution in [0.5, 0.6) is 5.75 Å². The van der Waals surface area contributed by atoms with Crippen molar-refractivity contribution < 1.29 is 13.9 Å². The second-order valence-electron chi connectivity index (χ2n) is 6.94. The molecule has 2 aromatic carbocycles. The third-order valence-electron chi connectivity index (χ3n) is 5.27. The lowest BCUT2D eigenvalue weighted by atomic mass is 9.83. The minimum atomic E-state index is -0.243. The van der Waals surface area contributed by atoms with Gasteiger partial charge in [0.2, 0.25) is 5.91 Å². The van der Waals surface area contributed by atoms with E-state index >= 15 is 0 Å². The molecule has 0 spiro atoms. The van der Waals surface area contributed by atoms with E-state index in [-0.39, 0.29) is 23.4 Å². The Morgan fingerprint density at radius 3 is 2.63 bits per heavy atom. The molecule has 1 N–H and O–H groups in total. The van der Waals surface area contributed by atoms with Gasteiger partial charge in [0.25, 0.3) is 0 Å². The predicted molar refractivity (Wildman–Crippen MR) is 108 cm³/mol. The van der Waals surface area contributed by atoms with Gasteiger partial charge in [-0.05, 0) is 30.5 Å². The maximum absolute atomic E-state index is 13.7. The number of amides is 1. The molecule has 144 valence electrons. The normalized spacial score (nSPS) is 17.7. The second kappa shape index (κ2) is 8.79. The zero-order chi connectivity index (χ0) is 19.3. The summed E-state index contributed by atoms with van der Waals surface area (Å²) in [6, 6.07) is 14.6. The fourth-order valence-electron chi connectivity index (χ4n) is 3.54. The van der Waals surface area contributed by atoms with Crippen LogP contribution in [0.4, 0.5) is 4.39 Å². The van der Waals surface area contributed by atoms with Crippen LogP contribution >= 0.6 is 11.8 Å². The molecule has 0 aromatic heterocycles. The van der Waals surface area contributed by atoms with Gasteiger partial charge in [-0.1, -0.05) is 50.2 Å². The predicted octanol–water partition coefficient (Wildman–Crippen LogP) is 5.26. The number of carbonyl (C=O) groups excluding carboxylic acids is 1. The van der Waals surface area contributed by atoms with Gasteiger partial charge in [0, 0.05) is 17.7 Å². The van der Waals surface area contributed by atoms with Gasteiger partial charge in [0.05, 0.1) is 11.8 Å². The van der Waals surface area contributed by atoms with Crippen LogP contribution in [0.1, 0.15) is 50.3 Å². The second-order valence-corrected chi connectivity index (χ2v) is 7.92. The SMILES string of the molecule is CCC1(CC)C[C@@H](NC(=O)CSCc2ccccc2F)c2ccccc2O1. The standard InChI is InChI=1S/C22H26FNO2S/c1-3-22(4-2)13-19(17-10-6-8-12-20(17)26-22)24-21(25)15-27-14-16-9-5-7-11-18(16)23/h5-12,19H,3-4,13-15H2,1-2H3,(H,24,25)/t19-/m1/s1. The average molecular weight is 388 g/mol. The van der Waals surface area contributed by atoms with Crippen molar-refractivity contribution in [3.8, 4) is 5.75 Å². The minimum absolute atomic E-state index is 0.0286. The Morgan fingerprint density at radius 1 is 1.19 bits per heavy atom. The molecular weight excluding hydrogens is 361 g/mol. The highest BCUT2D eigenvalue weighted by atomic mass is 32.2. The monoisotopic (exact) mass is 387 g/mol. The number of carbonyl (C=O) groups is 1. The molecule has 0 aliphatic carbocycles. The van der Waals surface area contributed by atoms with Crippen molar-refractivity contribution in [2.24, 2.45) is 0 Å². The molecule has 3 nitrogen and oxygen atoms in total. The summed E-state index contributed by atoms with van der Waals surface area (Å²) in [5.74, 6) is 1.40. The molecule has 0 unspecified atom stereocenters. The van der Waals surface area contributed by atoms with E-state index in [1.807, 2.05) is 30.3 Å². The Balaban J connectivity index is 1.63. The summed E-state index contributed by atoms with van der Waals surface area (Å²) >= 11 is 1.43. The lowest BCUT2D eigenvalue weighted by Crippen LogP contribution is -2.44. The fourth-order valence-corrected chi connectivity index (χ4v) is 4.36. The molecule has 1 heterocycles. The van der Waals surface area contributed by atoms with Gasteiger partial charge in [0.15, 0.2) is 0 Å². The lowest BCUT2D eigenvalue weighted by molar-refractivity contribution is -0.120. The number of hydrogen-bond donors (Lipinski definition) is 1. The summed E-state index contributed by atoms with van der Waals surface area (Å²) in [6.07, 6.45) is 2.55. The number of rotatable bonds is 7. The third kappa shape index (κ3) is 4.64. The Hall–Kier alpha value is -2.01. The molecule has 1 aliphatic rings. The first-order valence-corrected chi connectivity index (χ1v) is 10.6. The number of benzene rings is 2. The van der Waals surface area contributed by atoms with Crippen molar-refractivity contribution in [2.75, 3.05) is 5.75 Å². The number of ether oxygens (including phenoxy) is 1. The number of fused-ring (bicyclic) bond motifs is 1.